The summed E-state index contributed by atoms with van der Waals surface area (Å²) in [5.41, 5.74) is 0. The number of carbonyl (C=O) groups excluding carboxylic acids is 4. The van der Waals surface area contributed by atoms with Crippen molar-refractivity contribution in [2.24, 2.45) is 0 Å². The van der Waals surface area contributed by atoms with E-state index in [0.29, 0.717) is 25.7 Å². The molecule has 0 spiro atoms. The van der Waals surface area contributed by atoms with Gasteiger partial charge >= 0.3 is 39.5 Å². The maximum atomic E-state index is 13.1. The van der Waals surface area contributed by atoms with Crippen LogP contribution < -0.4 is 0 Å². The normalized spacial score (nSPS) is 13.9. The first-order chi connectivity index (χ1) is 46.7. The number of aliphatic hydroxyl groups is 1. The molecular formula is C77H150O17P2. The van der Waals surface area contributed by atoms with Gasteiger partial charge in [0.15, 0.2) is 12.2 Å². The molecule has 0 fully saturated rings. The number of phosphoric ester groups is 2. The number of esters is 4. The Bertz CT molecular complexity index is 1830. The van der Waals surface area contributed by atoms with E-state index < -0.39 is 97.5 Å². The number of hydrogen-bond acceptors (Lipinski definition) is 15. The van der Waals surface area contributed by atoms with Gasteiger partial charge in [0.05, 0.1) is 26.4 Å². The van der Waals surface area contributed by atoms with Crippen molar-refractivity contribution in [3.05, 3.63) is 0 Å². The fourth-order valence-electron chi connectivity index (χ4n) is 11.9. The fraction of sp³-hybridized carbons (Fsp3) is 0.948. The average molecular weight is 1410 g/mol. The van der Waals surface area contributed by atoms with E-state index in [-0.39, 0.29) is 25.7 Å². The first-order valence-electron chi connectivity index (χ1n) is 40.3. The van der Waals surface area contributed by atoms with Crippen LogP contribution in [0.4, 0.5) is 0 Å². The van der Waals surface area contributed by atoms with Crippen LogP contribution in [0, 0.1) is 0 Å². The van der Waals surface area contributed by atoms with Gasteiger partial charge in [0, 0.05) is 25.7 Å². The Labute approximate surface area is 588 Å². The van der Waals surface area contributed by atoms with E-state index in [1.807, 2.05) is 0 Å². The molecule has 3 N–H and O–H groups in total. The number of ether oxygens (including phenoxy) is 4. The third kappa shape index (κ3) is 70.5. The predicted molar refractivity (Wildman–Crippen MR) is 391 cm³/mol. The van der Waals surface area contributed by atoms with Crippen molar-refractivity contribution in [3.63, 3.8) is 0 Å². The Hall–Kier alpha value is -1.94. The highest BCUT2D eigenvalue weighted by Gasteiger charge is 2.30. The standard InChI is InChI=1S/C77H150O17P2/c1-5-9-13-17-21-25-29-33-35-39-42-46-50-54-58-62-75(80)88-68-72(93-76(81)63-59-55-51-47-43-38-32-28-24-20-16-12-8-4)69-91-95(83,84)89-65-71(78)66-90-96(85,86)92-70-73(67-87-74(79)61-57-53-49-45-41-37-31-27-23-19-15-11-7-3)94-77(82)64-60-56-52-48-44-40-36-34-30-26-22-18-14-10-6-2/h71-73,78H,5-70H2,1-4H3,(H,83,84)(H,85,86)/t71-,72-,73-/m1/s1. The van der Waals surface area contributed by atoms with Gasteiger partial charge in [-0.15, -0.1) is 0 Å². The number of rotatable bonds is 78. The van der Waals surface area contributed by atoms with E-state index in [0.717, 1.165) is 89.9 Å². The summed E-state index contributed by atoms with van der Waals surface area (Å²) in [6.07, 6.45) is 62.1. The van der Waals surface area contributed by atoms with E-state index in [1.54, 1.807) is 0 Å². The second-order valence-electron chi connectivity index (χ2n) is 27.7. The van der Waals surface area contributed by atoms with Crippen molar-refractivity contribution in [1.29, 1.82) is 0 Å². The molecule has 0 aliphatic rings. The summed E-state index contributed by atoms with van der Waals surface area (Å²) in [6, 6.07) is 0. The Balaban J connectivity index is 5.25. The van der Waals surface area contributed by atoms with Gasteiger partial charge in [-0.25, -0.2) is 9.13 Å². The third-order valence-electron chi connectivity index (χ3n) is 18.1. The average Bonchev–Trinajstić information content (AvgIpc) is 1.17. The summed E-state index contributed by atoms with van der Waals surface area (Å²) < 4.78 is 68.6. The molecule has 0 aliphatic heterocycles. The molecule has 0 bridgehead atoms. The van der Waals surface area contributed by atoms with E-state index in [9.17, 15) is 43.2 Å². The lowest BCUT2D eigenvalue weighted by Crippen LogP contribution is -2.30. The van der Waals surface area contributed by atoms with Crippen LogP contribution in [0.2, 0.25) is 0 Å². The molecule has 0 rings (SSSR count). The van der Waals surface area contributed by atoms with E-state index in [2.05, 4.69) is 27.7 Å². The second-order valence-corrected chi connectivity index (χ2v) is 30.7. The lowest BCUT2D eigenvalue weighted by atomic mass is 10.0. The van der Waals surface area contributed by atoms with Crippen LogP contribution in [0.15, 0.2) is 0 Å². The van der Waals surface area contributed by atoms with Crippen molar-refractivity contribution >= 4 is 39.5 Å². The summed E-state index contributed by atoms with van der Waals surface area (Å²) in [7, 11) is -9.91. The lowest BCUT2D eigenvalue weighted by molar-refractivity contribution is -0.161. The van der Waals surface area contributed by atoms with Crippen LogP contribution in [0.25, 0.3) is 0 Å². The molecule has 0 aromatic carbocycles. The highest BCUT2D eigenvalue weighted by atomic mass is 31.2. The Morgan fingerprint density at radius 2 is 0.417 bits per heavy atom. The van der Waals surface area contributed by atoms with Crippen molar-refractivity contribution in [2.45, 2.75) is 431 Å². The second kappa shape index (κ2) is 71.5. The molecule has 19 heteroatoms. The molecule has 0 aromatic rings. The molecule has 570 valence electrons. The smallest absolute Gasteiger partial charge is 0.462 e. The SMILES string of the molecule is CCCCCCCCCCCCCCCCCC(=O)OC[C@H](COP(=O)(O)OC[C@@H](O)COP(=O)(O)OC[C@@H](COC(=O)CCCCCCCCCCCCCCC)OC(=O)CCCCCCCCCCCCCCCCC)OC(=O)CCCCCCCCCCCCCCC. The van der Waals surface area contributed by atoms with E-state index >= 15 is 0 Å². The molecule has 0 aliphatic carbocycles. The minimum Gasteiger partial charge on any atom is -0.462 e. The summed E-state index contributed by atoms with van der Waals surface area (Å²) in [4.78, 5) is 72.9. The summed E-state index contributed by atoms with van der Waals surface area (Å²) in [6.45, 7) is 5.01. The Kier molecular flexibility index (Phi) is 70.0. The minimum atomic E-state index is -4.96. The van der Waals surface area contributed by atoms with Crippen LogP contribution in [0.3, 0.4) is 0 Å². The molecule has 0 heterocycles. The number of hydrogen-bond donors (Lipinski definition) is 3. The zero-order chi connectivity index (χ0) is 70.4. The zero-order valence-corrected chi connectivity index (χ0v) is 64.1. The third-order valence-corrected chi connectivity index (χ3v) is 20.0. The van der Waals surface area contributed by atoms with Crippen molar-refractivity contribution in [3.8, 4) is 0 Å². The number of aliphatic hydroxyl groups excluding tert-OH is 1. The quantitative estimate of drug-likeness (QED) is 0.0222. The van der Waals surface area contributed by atoms with Crippen molar-refractivity contribution in [1.82, 2.24) is 0 Å². The summed E-state index contributed by atoms with van der Waals surface area (Å²) in [5, 5.41) is 10.6. The van der Waals surface area contributed by atoms with E-state index in [1.165, 1.54) is 244 Å². The number of unbranched alkanes of at least 4 members (excludes halogenated alkanes) is 52. The molecule has 17 nitrogen and oxygen atoms in total. The molecule has 96 heavy (non-hydrogen) atoms. The van der Waals surface area contributed by atoms with Crippen LogP contribution in [0.1, 0.15) is 413 Å². The highest BCUT2D eigenvalue weighted by molar-refractivity contribution is 7.47. The van der Waals surface area contributed by atoms with Crippen molar-refractivity contribution < 1.29 is 80.2 Å². The molecule has 0 saturated heterocycles. The zero-order valence-electron chi connectivity index (χ0n) is 62.4. The molecule has 2 unspecified atom stereocenters. The molecule has 0 radical (unpaired) electrons. The molecule has 0 amide bonds. The molecule has 0 saturated carbocycles. The van der Waals surface area contributed by atoms with Crippen LogP contribution in [0.5, 0.6) is 0 Å². The maximum Gasteiger partial charge on any atom is 0.472 e. The Morgan fingerprint density at radius 1 is 0.250 bits per heavy atom. The monoisotopic (exact) mass is 1410 g/mol. The van der Waals surface area contributed by atoms with Gasteiger partial charge < -0.3 is 33.8 Å². The van der Waals surface area contributed by atoms with Crippen LogP contribution in [-0.2, 0) is 65.4 Å². The number of carbonyl (C=O) groups is 4. The van der Waals surface area contributed by atoms with Gasteiger partial charge in [0.25, 0.3) is 0 Å². The maximum absolute atomic E-state index is 13.1. The van der Waals surface area contributed by atoms with Gasteiger partial charge in [-0.1, -0.05) is 362 Å². The minimum absolute atomic E-state index is 0.109. The summed E-state index contributed by atoms with van der Waals surface area (Å²) in [5.74, 6) is -2.11. The van der Waals surface area contributed by atoms with Crippen LogP contribution in [-0.4, -0.2) is 96.7 Å². The van der Waals surface area contributed by atoms with Gasteiger partial charge in [0.1, 0.15) is 19.3 Å². The molecule has 5 atom stereocenters. The first-order valence-corrected chi connectivity index (χ1v) is 43.3. The largest absolute Gasteiger partial charge is 0.472 e. The lowest BCUT2D eigenvalue weighted by Gasteiger charge is -2.21. The van der Waals surface area contributed by atoms with Gasteiger partial charge in [-0.2, -0.15) is 0 Å². The molecule has 0 aromatic heterocycles. The number of phosphoric acid groups is 2. The predicted octanol–water partition coefficient (Wildman–Crippen LogP) is 23.0. The highest BCUT2D eigenvalue weighted by Crippen LogP contribution is 2.45. The van der Waals surface area contributed by atoms with E-state index in [4.69, 9.17) is 37.0 Å². The van der Waals surface area contributed by atoms with Gasteiger partial charge in [-0.05, 0) is 25.7 Å². The van der Waals surface area contributed by atoms with Crippen LogP contribution >= 0.6 is 15.6 Å². The van der Waals surface area contributed by atoms with Gasteiger partial charge in [-0.3, -0.25) is 37.3 Å². The molecular weight excluding hydrogens is 1260 g/mol. The Morgan fingerprint density at radius 3 is 0.615 bits per heavy atom. The topological polar surface area (TPSA) is 237 Å². The fourth-order valence-corrected chi connectivity index (χ4v) is 13.5. The van der Waals surface area contributed by atoms with Crippen molar-refractivity contribution in [2.75, 3.05) is 39.6 Å². The first kappa shape index (κ1) is 94.1. The summed E-state index contributed by atoms with van der Waals surface area (Å²) >= 11 is 0. The van der Waals surface area contributed by atoms with Gasteiger partial charge in [0.2, 0.25) is 0 Å².